The van der Waals surface area contributed by atoms with Gasteiger partial charge in [-0.3, -0.25) is 0 Å². The number of halogens is 1. The van der Waals surface area contributed by atoms with Gasteiger partial charge in [-0.25, -0.2) is 14.0 Å². The summed E-state index contributed by atoms with van der Waals surface area (Å²) in [6.07, 6.45) is 4.10. The second kappa shape index (κ2) is 8.83. The lowest BCUT2D eigenvalue weighted by Crippen LogP contribution is -2.21. The minimum Gasteiger partial charge on any atom is -0.478 e. The molecule has 2 aromatic rings. The number of aliphatic carboxylic acids is 2. The number of carboxylic acid groups (broad SMARTS) is 2. The molecule has 0 aliphatic rings. The molecule has 7 heteroatoms. The first-order valence-corrected chi connectivity index (χ1v) is 7.41. The third-order valence-electron chi connectivity index (χ3n) is 3.16. The van der Waals surface area contributed by atoms with Crippen molar-refractivity contribution in [2.45, 2.75) is 32.9 Å². The number of aryl methyl sites for hydroxylation is 1. The summed E-state index contributed by atoms with van der Waals surface area (Å²) < 4.78 is 15.3. The number of carbonyl (C=O) groups is 2. The number of nitrogens with two attached hydrogens (primary N) is 1. The van der Waals surface area contributed by atoms with E-state index >= 15 is 0 Å². The highest BCUT2D eigenvalue weighted by Gasteiger charge is 2.09. The number of fused-ring (bicyclic) bond motifs is 1. The zero-order valence-electron chi connectivity index (χ0n) is 13.6. The van der Waals surface area contributed by atoms with Crippen molar-refractivity contribution in [3.63, 3.8) is 0 Å². The minimum atomic E-state index is -1.26. The van der Waals surface area contributed by atoms with Gasteiger partial charge in [-0.05, 0) is 37.1 Å². The maximum Gasteiger partial charge on any atom is 0.328 e. The van der Waals surface area contributed by atoms with Crippen LogP contribution in [0.1, 0.15) is 19.4 Å². The molecule has 0 saturated heterocycles. The molecule has 0 aliphatic heterocycles. The van der Waals surface area contributed by atoms with Gasteiger partial charge in [-0.15, -0.1) is 0 Å². The third kappa shape index (κ3) is 5.85. The number of aromatic nitrogens is 1. The number of nitrogens with zero attached hydrogens (tertiary/aromatic N) is 1. The lowest BCUT2D eigenvalue weighted by molar-refractivity contribution is -0.134. The molecule has 0 radical (unpaired) electrons. The summed E-state index contributed by atoms with van der Waals surface area (Å²) in [7, 11) is 0. The monoisotopic (exact) mass is 336 g/mol. The molecule has 0 saturated carbocycles. The molecule has 1 atom stereocenters. The SMILES string of the molecule is CCc1cn(C[C@H](C)N)c2ccc(F)cc12.O=C(O)C=CC(=O)O. The van der Waals surface area contributed by atoms with Crippen molar-refractivity contribution in [2.75, 3.05) is 0 Å². The van der Waals surface area contributed by atoms with Crippen LogP contribution in [0.3, 0.4) is 0 Å². The molecule has 130 valence electrons. The Labute approximate surface area is 139 Å². The van der Waals surface area contributed by atoms with Crippen LogP contribution >= 0.6 is 0 Å². The fourth-order valence-corrected chi connectivity index (χ4v) is 2.23. The maximum absolute atomic E-state index is 13.2. The fourth-order valence-electron chi connectivity index (χ4n) is 2.23. The van der Waals surface area contributed by atoms with E-state index in [1.54, 1.807) is 6.07 Å². The van der Waals surface area contributed by atoms with Crippen molar-refractivity contribution in [2.24, 2.45) is 5.73 Å². The predicted octanol–water partition coefficient (Wildman–Crippen LogP) is 2.40. The molecule has 1 heterocycles. The second-order valence-corrected chi connectivity index (χ2v) is 5.31. The van der Waals surface area contributed by atoms with Crippen molar-refractivity contribution >= 4 is 22.8 Å². The number of hydrogen-bond donors (Lipinski definition) is 3. The molecule has 0 aliphatic carbocycles. The highest BCUT2D eigenvalue weighted by molar-refractivity contribution is 5.89. The van der Waals surface area contributed by atoms with Crippen molar-refractivity contribution < 1.29 is 24.2 Å². The highest BCUT2D eigenvalue weighted by atomic mass is 19.1. The molecule has 1 aromatic heterocycles. The molecule has 0 bridgehead atoms. The quantitative estimate of drug-likeness (QED) is 0.727. The largest absolute Gasteiger partial charge is 0.478 e. The van der Waals surface area contributed by atoms with Gasteiger partial charge < -0.3 is 20.5 Å². The Bertz CT molecular complexity index is 734. The summed E-state index contributed by atoms with van der Waals surface area (Å²) >= 11 is 0. The first-order valence-electron chi connectivity index (χ1n) is 7.41. The highest BCUT2D eigenvalue weighted by Crippen LogP contribution is 2.23. The molecule has 0 fully saturated rings. The normalized spacial score (nSPS) is 12.0. The molecular weight excluding hydrogens is 315 g/mol. The van der Waals surface area contributed by atoms with Crippen LogP contribution in [0.15, 0.2) is 36.5 Å². The fraction of sp³-hybridized carbons (Fsp3) is 0.294. The van der Waals surface area contributed by atoms with Gasteiger partial charge in [0.15, 0.2) is 0 Å². The number of rotatable bonds is 5. The lowest BCUT2D eigenvalue weighted by Gasteiger charge is -2.07. The lowest BCUT2D eigenvalue weighted by atomic mass is 10.1. The summed E-state index contributed by atoms with van der Waals surface area (Å²) in [6.45, 7) is 4.82. The van der Waals surface area contributed by atoms with Crippen LogP contribution in [-0.2, 0) is 22.6 Å². The summed E-state index contributed by atoms with van der Waals surface area (Å²) in [5.41, 5.74) is 8.04. The third-order valence-corrected chi connectivity index (χ3v) is 3.16. The van der Waals surface area contributed by atoms with E-state index in [-0.39, 0.29) is 11.9 Å². The molecule has 4 N–H and O–H groups in total. The Kier molecular flexibility index (Phi) is 7.13. The first kappa shape index (κ1) is 19.4. The Morgan fingerprint density at radius 3 is 2.33 bits per heavy atom. The van der Waals surface area contributed by atoms with E-state index in [0.29, 0.717) is 12.2 Å². The van der Waals surface area contributed by atoms with Crippen molar-refractivity contribution in [3.05, 3.63) is 47.9 Å². The molecule has 0 unspecified atom stereocenters. The van der Waals surface area contributed by atoms with Crippen LogP contribution in [0.25, 0.3) is 10.9 Å². The van der Waals surface area contributed by atoms with Crippen LogP contribution in [0.4, 0.5) is 4.39 Å². The summed E-state index contributed by atoms with van der Waals surface area (Å²) in [5, 5.41) is 16.6. The van der Waals surface area contributed by atoms with E-state index in [0.717, 1.165) is 23.9 Å². The average molecular weight is 336 g/mol. The number of hydrogen-bond acceptors (Lipinski definition) is 3. The summed E-state index contributed by atoms with van der Waals surface area (Å²) in [6, 6.07) is 5.03. The first-order chi connectivity index (χ1) is 11.2. The van der Waals surface area contributed by atoms with Gasteiger partial charge in [0.25, 0.3) is 0 Å². The predicted molar refractivity (Wildman–Crippen MR) is 89.3 cm³/mol. The molecular formula is C17H21FN2O4. The molecule has 6 nitrogen and oxygen atoms in total. The number of carboxylic acids is 2. The van der Waals surface area contributed by atoms with Crippen LogP contribution in [0, 0.1) is 5.82 Å². The van der Waals surface area contributed by atoms with Crippen molar-refractivity contribution in [1.29, 1.82) is 0 Å². The van der Waals surface area contributed by atoms with E-state index in [4.69, 9.17) is 15.9 Å². The van der Waals surface area contributed by atoms with Crippen LogP contribution < -0.4 is 5.73 Å². The van der Waals surface area contributed by atoms with Gasteiger partial charge in [-0.2, -0.15) is 0 Å². The maximum atomic E-state index is 13.2. The van der Waals surface area contributed by atoms with E-state index in [2.05, 4.69) is 17.7 Å². The standard InChI is InChI=1S/C13H17FN2.C4H4O4/c1-3-10-8-16(7-9(2)15)13-5-4-11(14)6-12(10)13;5-3(6)1-2-4(7)8/h4-6,8-9H,3,7,15H2,1-2H3;1-2H,(H,5,6)(H,7,8)/t9-;/m0./s1. The van der Waals surface area contributed by atoms with Crippen LogP contribution in [0.2, 0.25) is 0 Å². The second-order valence-electron chi connectivity index (χ2n) is 5.31. The van der Waals surface area contributed by atoms with Gasteiger partial charge in [-0.1, -0.05) is 6.92 Å². The summed E-state index contributed by atoms with van der Waals surface area (Å²) in [4.78, 5) is 19.1. The molecule has 0 spiro atoms. The zero-order valence-corrected chi connectivity index (χ0v) is 13.6. The minimum absolute atomic E-state index is 0.102. The van der Waals surface area contributed by atoms with Crippen molar-refractivity contribution in [3.8, 4) is 0 Å². The van der Waals surface area contributed by atoms with Gasteiger partial charge in [0.05, 0.1) is 0 Å². The molecule has 1 aromatic carbocycles. The van der Waals surface area contributed by atoms with Crippen molar-refractivity contribution in [1.82, 2.24) is 4.57 Å². The Hall–Kier alpha value is -2.67. The zero-order chi connectivity index (χ0) is 18.3. The number of benzene rings is 1. The Morgan fingerprint density at radius 1 is 1.29 bits per heavy atom. The van der Waals surface area contributed by atoms with Crippen LogP contribution in [0.5, 0.6) is 0 Å². The molecule has 24 heavy (non-hydrogen) atoms. The Balaban J connectivity index is 0.000000307. The average Bonchev–Trinajstić information content (AvgIpc) is 2.82. The summed E-state index contributed by atoms with van der Waals surface area (Å²) in [5.74, 6) is -2.69. The van der Waals surface area contributed by atoms with E-state index in [1.165, 1.54) is 11.6 Å². The van der Waals surface area contributed by atoms with Gasteiger partial charge in [0.1, 0.15) is 5.82 Å². The topological polar surface area (TPSA) is 106 Å². The van der Waals surface area contributed by atoms with Crippen LogP contribution in [-0.4, -0.2) is 32.8 Å². The molecule has 0 amide bonds. The van der Waals surface area contributed by atoms with Gasteiger partial charge in [0, 0.05) is 41.8 Å². The molecule has 2 rings (SSSR count). The van der Waals surface area contributed by atoms with E-state index in [9.17, 15) is 14.0 Å². The van der Waals surface area contributed by atoms with Gasteiger partial charge >= 0.3 is 11.9 Å². The van der Waals surface area contributed by atoms with E-state index in [1.807, 2.05) is 13.0 Å². The van der Waals surface area contributed by atoms with Gasteiger partial charge in [0.2, 0.25) is 0 Å². The Morgan fingerprint density at radius 2 is 1.88 bits per heavy atom. The smallest absolute Gasteiger partial charge is 0.328 e. The van der Waals surface area contributed by atoms with E-state index < -0.39 is 11.9 Å².